The number of nitrogens with zero attached hydrogens (tertiary/aromatic N) is 1. The highest BCUT2D eigenvalue weighted by atomic mass is 79.9. The van der Waals surface area contributed by atoms with Gasteiger partial charge in [0.1, 0.15) is 5.75 Å². The van der Waals surface area contributed by atoms with Crippen molar-refractivity contribution in [2.75, 3.05) is 0 Å². The minimum Gasteiger partial charge on any atom is -0.426 e. The Morgan fingerprint density at radius 1 is 1.08 bits per heavy atom. The van der Waals surface area contributed by atoms with E-state index in [1.165, 1.54) is 13.1 Å². The van der Waals surface area contributed by atoms with Crippen molar-refractivity contribution in [3.05, 3.63) is 76.3 Å². The van der Waals surface area contributed by atoms with Crippen LogP contribution >= 0.6 is 15.9 Å². The number of amides is 1. The molecule has 0 spiro atoms. The van der Waals surface area contributed by atoms with Crippen LogP contribution in [0.25, 0.3) is 10.8 Å². The van der Waals surface area contributed by atoms with E-state index in [2.05, 4.69) is 26.5 Å². The zero-order valence-corrected chi connectivity index (χ0v) is 15.5. The molecular weight excluding hydrogens is 396 g/mol. The standard InChI is InChI=1S/C20H15BrN2O3/c1-13(24)26-19-10-9-16(21)11-15(19)12-22-23-20(25)18-8-4-6-14-5-2-3-7-17(14)18/h2-12H,1H3,(H,23,25)/b22-12-. The Morgan fingerprint density at radius 3 is 2.65 bits per heavy atom. The topological polar surface area (TPSA) is 67.8 Å². The summed E-state index contributed by atoms with van der Waals surface area (Å²) in [6, 6.07) is 18.3. The number of hydrogen-bond donors (Lipinski definition) is 1. The number of carbonyl (C=O) groups excluding carboxylic acids is 2. The fourth-order valence-corrected chi connectivity index (χ4v) is 2.89. The van der Waals surface area contributed by atoms with Gasteiger partial charge in [0.2, 0.25) is 0 Å². The van der Waals surface area contributed by atoms with Crippen LogP contribution in [0.1, 0.15) is 22.8 Å². The predicted molar refractivity (Wildman–Crippen MR) is 104 cm³/mol. The molecule has 0 atom stereocenters. The number of benzene rings is 3. The fourth-order valence-electron chi connectivity index (χ4n) is 2.51. The molecule has 3 aromatic carbocycles. The Labute approximate surface area is 158 Å². The van der Waals surface area contributed by atoms with Crippen molar-refractivity contribution in [1.29, 1.82) is 0 Å². The van der Waals surface area contributed by atoms with Crippen LogP contribution < -0.4 is 10.2 Å². The molecule has 0 fully saturated rings. The molecule has 0 aliphatic rings. The van der Waals surface area contributed by atoms with Gasteiger partial charge in [0, 0.05) is 22.5 Å². The summed E-state index contributed by atoms with van der Waals surface area (Å²) >= 11 is 3.36. The SMILES string of the molecule is CC(=O)Oc1ccc(Br)cc1/C=N\NC(=O)c1cccc2ccccc12. The lowest BCUT2D eigenvalue weighted by Crippen LogP contribution is -2.18. The van der Waals surface area contributed by atoms with Crippen LogP contribution in [0.15, 0.2) is 70.2 Å². The molecule has 130 valence electrons. The Balaban J connectivity index is 1.81. The molecule has 0 aromatic heterocycles. The summed E-state index contributed by atoms with van der Waals surface area (Å²) < 4.78 is 5.94. The Bertz CT molecular complexity index is 1010. The van der Waals surface area contributed by atoms with E-state index in [4.69, 9.17) is 4.74 Å². The van der Waals surface area contributed by atoms with Crippen molar-refractivity contribution in [3.8, 4) is 5.75 Å². The highest BCUT2D eigenvalue weighted by Gasteiger charge is 2.09. The molecule has 0 bridgehead atoms. The van der Waals surface area contributed by atoms with E-state index in [-0.39, 0.29) is 5.91 Å². The quantitative estimate of drug-likeness (QED) is 0.302. The van der Waals surface area contributed by atoms with Gasteiger partial charge in [-0.2, -0.15) is 5.10 Å². The highest BCUT2D eigenvalue weighted by Crippen LogP contribution is 2.22. The Hall–Kier alpha value is -2.99. The second kappa shape index (κ2) is 7.93. The molecule has 26 heavy (non-hydrogen) atoms. The van der Waals surface area contributed by atoms with E-state index in [1.807, 2.05) is 36.4 Å². The summed E-state index contributed by atoms with van der Waals surface area (Å²) in [6.45, 7) is 1.32. The zero-order valence-electron chi connectivity index (χ0n) is 13.9. The van der Waals surface area contributed by atoms with Gasteiger partial charge in [-0.25, -0.2) is 5.43 Å². The molecule has 0 aliphatic carbocycles. The van der Waals surface area contributed by atoms with Gasteiger partial charge in [0.05, 0.1) is 6.21 Å². The van der Waals surface area contributed by atoms with E-state index in [9.17, 15) is 9.59 Å². The third-order valence-corrected chi connectivity index (χ3v) is 4.12. The lowest BCUT2D eigenvalue weighted by atomic mass is 10.0. The molecule has 6 heteroatoms. The third-order valence-electron chi connectivity index (χ3n) is 3.63. The van der Waals surface area contributed by atoms with Crippen LogP contribution in [0.2, 0.25) is 0 Å². The first kappa shape index (κ1) is 17.8. The summed E-state index contributed by atoms with van der Waals surface area (Å²) in [4.78, 5) is 23.7. The molecule has 3 rings (SSSR count). The summed E-state index contributed by atoms with van der Waals surface area (Å²) in [5.41, 5.74) is 3.61. The number of fused-ring (bicyclic) bond motifs is 1. The molecule has 5 nitrogen and oxygen atoms in total. The van der Waals surface area contributed by atoms with Crippen LogP contribution in [0, 0.1) is 0 Å². The first-order valence-electron chi connectivity index (χ1n) is 7.84. The van der Waals surface area contributed by atoms with Crippen molar-refractivity contribution in [2.24, 2.45) is 5.10 Å². The summed E-state index contributed by atoms with van der Waals surface area (Å²) in [5.74, 6) is -0.382. The minimum atomic E-state index is -0.429. The molecule has 0 radical (unpaired) electrons. The van der Waals surface area contributed by atoms with Gasteiger partial charge in [-0.3, -0.25) is 9.59 Å². The number of carbonyl (C=O) groups is 2. The molecule has 0 unspecified atom stereocenters. The number of hydrogen-bond acceptors (Lipinski definition) is 4. The first-order valence-corrected chi connectivity index (χ1v) is 8.63. The number of nitrogens with one attached hydrogen (secondary N) is 1. The first-order chi connectivity index (χ1) is 12.5. The monoisotopic (exact) mass is 410 g/mol. The second-order valence-electron chi connectivity index (χ2n) is 5.50. The smallest absolute Gasteiger partial charge is 0.308 e. The van der Waals surface area contributed by atoms with Gasteiger partial charge in [-0.1, -0.05) is 52.3 Å². The van der Waals surface area contributed by atoms with Gasteiger partial charge in [-0.05, 0) is 35.0 Å². The second-order valence-corrected chi connectivity index (χ2v) is 6.42. The molecule has 1 amide bonds. The number of ether oxygens (including phenoxy) is 1. The number of rotatable bonds is 4. The van der Waals surface area contributed by atoms with Crippen LogP contribution in [0.5, 0.6) is 5.75 Å². The van der Waals surface area contributed by atoms with Gasteiger partial charge in [0.25, 0.3) is 5.91 Å². The molecule has 0 aliphatic heterocycles. The maximum Gasteiger partial charge on any atom is 0.308 e. The van der Waals surface area contributed by atoms with E-state index >= 15 is 0 Å². The Kier molecular flexibility index (Phi) is 5.43. The lowest BCUT2D eigenvalue weighted by Gasteiger charge is -2.06. The minimum absolute atomic E-state index is 0.318. The van der Waals surface area contributed by atoms with Crippen LogP contribution in [-0.4, -0.2) is 18.1 Å². The van der Waals surface area contributed by atoms with Gasteiger partial charge >= 0.3 is 5.97 Å². The lowest BCUT2D eigenvalue weighted by molar-refractivity contribution is -0.131. The van der Waals surface area contributed by atoms with E-state index in [1.54, 1.807) is 24.3 Å². The highest BCUT2D eigenvalue weighted by molar-refractivity contribution is 9.10. The number of hydrazone groups is 1. The number of esters is 1. The fraction of sp³-hybridized carbons (Fsp3) is 0.0500. The average molecular weight is 411 g/mol. The Morgan fingerprint density at radius 2 is 1.85 bits per heavy atom. The number of halogens is 1. The maximum absolute atomic E-state index is 12.5. The molecule has 0 saturated carbocycles. The van der Waals surface area contributed by atoms with Gasteiger partial charge < -0.3 is 4.74 Å². The summed E-state index contributed by atoms with van der Waals surface area (Å²) in [7, 11) is 0. The third kappa shape index (κ3) is 4.15. The molecule has 1 N–H and O–H groups in total. The largest absolute Gasteiger partial charge is 0.426 e. The van der Waals surface area contributed by atoms with E-state index < -0.39 is 5.97 Å². The van der Waals surface area contributed by atoms with E-state index in [0.717, 1.165) is 15.2 Å². The molecular formula is C20H15BrN2O3. The van der Waals surface area contributed by atoms with Gasteiger partial charge in [-0.15, -0.1) is 0 Å². The van der Waals surface area contributed by atoms with Gasteiger partial charge in [0.15, 0.2) is 0 Å². The zero-order chi connectivity index (χ0) is 18.5. The van der Waals surface area contributed by atoms with Crippen molar-refractivity contribution < 1.29 is 14.3 Å². The van der Waals surface area contributed by atoms with Crippen molar-refractivity contribution >= 4 is 44.8 Å². The van der Waals surface area contributed by atoms with E-state index in [0.29, 0.717) is 16.9 Å². The summed E-state index contributed by atoms with van der Waals surface area (Å²) in [5, 5.41) is 5.83. The maximum atomic E-state index is 12.5. The normalized spacial score (nSPS) is 10.8. The van der Waals surface area contributed by atoms with Crippen molar-refractivity contribution in [3.63, 3.8) is 0 Å². The van der Waals surface area contributed by atoms with Crippen LogP contribution in [0.4, 0.5) is 0 Å². The average Bonchev–Trinajstić information content (AvgIpc) is 2.63. The predicted octanol–water partition coefficient (Wildman–Crippen LogP) is 4.29. The van der Waals surface area contributed by atoms with Crippen molar-refractivity contribution in [1.82, 2.24) is 5.43 Å². The molecule has 0 heterocycles. The molecule has 3 aromatic rings. The van der Waals surface area contributed by atoms with Crippen LogP contribution in [-0.2, 0) is 4.79 Å². The summed E-state index contributed by atoms with van der Waals surface area (Å²) in [6.07, 6.45) is 1.44. The van der Waals surface area contributed by atoms with Crippen molar-refractivity contribution in [2.45, 2.75) is 6.92 Å². The molecule has 0 saturated heterocycles. The van der Waals surface area contributed by atoms with Crippen LogP contribution in [0.3, 0.4) is 0 Å².